The second kappa shape index (κ2) is 6.59. The van der Waals surface area contributed by atoms with Crippen molar-refractivity contribution in [3.8, 4) is 0 Å². The van der Waals surface area contributed by atoms with Crippen molar-refractivity contribution in [2.24, 2.45) is 0 Å². The number of H-pyrrole nitrogens is 1. The van der Waals surface area contributed by atoms with Gasteiger partial charge in [-0.15, -0.1) is 0 Å². The minimum Gasteiger partial charge on any atom is -0.368 e. The first-order valence-electron chi connectivity index (χ1n) is 8.82. The van der Waals surface area contributed by atoms with Crippen LogP contribution >= 0.6 is 0 Å². The van der Waals surface area contributed by atoms with Crippen molar-refractivity contribution in [1.29, 1.82) is 0 Å². The van der Waals surface area contributed by atoms with Crippen LogP contribution in [0.3, 0.4) is 0 Å². The Morgan fingerprint density at radius 1 is 1.08 bits per heavy atom. The van der Waals surface area contributed by atoms with Crippen LogP contribution in [-0.4, -0.2) is 47.0 Å². The van der Waals surface area contributed by atoms with E-state index in [4.69, 9.17) is 0 Å². The van der Waals surface area contributed by atoms with E-state index in [-0.39, 0.29) is 5.91 Å². The quantitative estimate of drug-likeness (QED) is 0.801. The Morgan fingerprint density at radius 3 is 2.56 bits per heavy atom. The first kappa shape index (κ1) is 15.7. The normalized spacial score (nSPS) is 14.9. The molecular formula is C20H22N4O. The van der Waals surface area contributed by atoms with E-state index >= 15 is 0 Å². The molecule has 0 aliphatic carbocycles. The smallest absolute Gasteiger partial charge is 0.254 e. The molecular weight excluding hydrogens is 312 g/mol. The zero-order valence-electron chi connectivity index (χ0n) is 14.4. The molecule has 2 aromatic carbocycles. The van der Waals surface area contributed by atoms with Gasteiger partial charge in [-0.2, -0.15) is 0 Å². The molecule has 5 heteroatoms. The number of benzene rings is 2. The highest BCUT2D eigenvalue weighted by molar-refractivity contribution is 5.97. The summed E-state index contributed by atoms with van der Waals surface area (Å²) in [4.78, 5) is 24.9. The number of rotatable bonds is 3. The van der Waals surface area contributed by atoms with Crippen molar-refractivity contribution in [3.63, 3.8) is 0 Å². The molecule has 4 rings (SSSR count). The number of hydrogen-bond donors (Lipinski definition) is 1. The molecule has 0 radical (unpaired) electrons. The lowest BCUT2D eigenvalue weighted by Crippen LogP contribution is -2.48. The van der Waals surface area contributed by atoms with Gasteiger partial charge in [-0.25, -0.2) is 4.98 Å². The van der Waals surface area contributed by atoms with Crippen LogP contribution in [0.15, 0.2) is 48.5 Å². The Labute approximate surface area is 147 Å². The maximum atomic E-state index is 12.8. The van der Waals surface area contributed by atoms with E-state index < -0.39 is 0 Å². The van der Waals surface area contributed by atoms with E-state index in [0.717, 1.165) is 55.0 Å². The summed E-state index contributed by atoms with van der Waals surface area (Å²) in [5.74, 6) is 1.05. The highest BCUT2D eigenvalue weighted by atomic mass is 16.2. The second-order valence-electron chi connectivity index (χ2n) is 6.38. The van der Waals surface area contributed by atoms with Crippen molar-refractivity contribution >= 4 is 22.6 Å². The average molecular weight is 334 g/mol. The van der Waals surface area contributed by atoms with E-state index in [1.54, 1.807) is 0 Å². The van der Waals surface area contributed by atoms with Gasteiger partial charge >= 0.3 is 0 Å². The molecule has 0 saturated carbocycles. The molecule has 0 bridgehead atoms. The van der Waals surface area contributed by atoms with Crippen LogP contribution in [0.2, 0.25) is 0 Å². The molecule has 1 aliphatic rings. The predicted octanol–water partition coefficient (Wildman–Crippen LogP) is 3.09. The summed E-state index contributed by atoms with van der Waals surface area (Å²) < 4.78 is 0. The minimum atomic E-state index is 0.0993. The Hall–Kier alpha value is -2.82. The summed E-state index contributed by atoms with van der Waals surface area (Å²) in [7, 11) is 0. The largest absolute Gasteiger partial charge is 0.368 e. The Kier molecular flexibility index (Phi) is 4.14. The molecule has 1 saturated heterocycles. The number of nitrogens with one attached hydrogen (secondary N) is 1. The Balaban J connectivity index is 1.47. The van der Waals surface area contributed by atoms with Crippen LogP contribution in [0, 0.1) is 0 Å². The Morgan fingerprint density at radius 2 is 1.84 bits per heavy atom. The monoisotopic (exact) mass is 334 g/mol. The van der Waals surface area contributed by atoms with E-state index in [9.17, 15) is 4.79 Å². The maximum absolute atomic E-state index is 12.8. The number of anilines is 1. The van der Waals surface area contributed by atoms with Gasteiger partial charge in [0.1, 0.15) is 5.82 Å². The van der Waals surface area contributed by atoms with Gasteiger partial charge in [0.2, 0.25) is 0 Å². The first-order chi connectivity index (χ1) is 12.2. The number of imidazole rings is 1. The number of piperazine rings is 1. The molecule has 0 spiro atoms. The first-order valence-corrected chi connectivity index (χ1v) is 8.82. The average Bonchev–Trinajstić information content (AvgIpc) is 3.10. The lowest BCUT2D eigenvalue weighted by molar-refractivity contribution is 0.0747. The van der Waals surface area contributed by atoms with Crippen molar-refractivity contribution in [2.45, 2.75) is 13.3 Å². The lowest BCUT2D eigenvalue weighted by atomic mass is 10.1. The summed E-state index contributed by atoms with van der Waals surface area (Å²) >= 11 is 0. The number of carbonyl (C=O) groups is 1. The van der Waals surface area contributed by atoms with Crippen LogP contribution in [0.1, 0.15) is 23.1 Å². The molecule has 3 aromatic rings. The number of fused-ring (bicyclic) bond motifs is 1. The zero-order valence-corrected chi connectivity index (χ0v) is 14.4. The molecule has 5 nitrogen and oxygen atoms in total. The molecule has 0 unspecified atom stereocenters. The third kappa shape index (κ3) is 3.09. The Bertz CT molecular complexity index is 879. The zero-order chi connectivity index (χ0) is 17.2. The van der Waals surface area contributed by atoms with Gasteiger partial charge in [-0.05, 0) is 30.3 Å². The van der Waals surface area contributed by atoms with E-state index in [0.29, 0.717) is 0 Å². The molecule has 25 heavy (non-hydrogen) atoms. The van der Waals surface area contributed by atoms with Gasteiger partial charge in [-0.1, -0.05) is 25.1 Å². The van der Waals surface area contributed by atoms with Gasteiger partial charge in [-0.3, -0.25) is 4.79 Å². The van der Waals surface area contributed by atoms with Crippen molar-refractivity contribution in [3.05, 3.63) is 59.9 Å². The number of aryl methyl sites for hydroxylation is 1. The van der Waals surface area contributed by atoms with Gasteiger partial charge in [0, 0.05) is 43.9 Å². The molecule has 2 heterocycles. The molecule has 1 fully saturated rings. The standard InChI is InChI=1S/C20H22N4O/c1-2-19-21-17-9-8-15(14-18(17)22-19)20(25)24-12-10-23(11-13-24)16-6-4-3-5-7-16/h3-9,14H,2,10-13H2,1H3,(H,21,22). The van der Waals surface area contributed by atoms with Gasteiger partial charge in [0.15, 0.2) is 0 Å². The fourth-order valence-electron chi connectivity index (χ4n) is 3.35. The van der Waals surface area contributed by atoms with Crippen molar-refractivity contribution in [1.82, 2.24) is 14.9 Å². The number of para-hydroxylation sites is 1. The number of aromatic amines is 1. The summed E-state index contributed by atoms with van der Waals surface area (Å²) in [6, 6.07) is 16.1. The summed E-state index contributed by atoms with van der Waals surface area (Å²) in [6.45, 7) is 5.28. The van der Waals surface area contributed by atoms with Crippen LogP contribution in [0.25, 0.3) is 11.0 Å². The van der Waals surface area contributed by atoms with Crippen LogP contribution in [0.5, 0.6) is 0 Å². The fourth-order valence-corrected chi connectivity index (χ4v) is 3.35. The topological polar surface area (TPSA) is 52.2 Å². The fraction of sp³-hybridized carbons (Fsp3) is 0.300. The van der Waals surface area contributed by atoms with E-state index in [1.165, 1.54) is 5.69 Å². The molecule has 1 N–H and O–H groups in total. The summed E-state index contributed by atoms with van der Waals surface area (Å²) in [6.07, 6.45) is 0.861. The highest BCUT2D eigenvalue weighted by Crippen LogP contribution is 2.19. The number of hydrogen-bond acceptors (Lipinski definition) is 3. The van der Waals surface area contributed by atoms with Gasteiger partial charge in [0.05, 0.1) is 11.0 Å². The number of carbonyl (C=O) groups excluding carboxylic acids is 1. The third-order valence-corrected chi connectivity index (χ3v) is 4.80. The van der Waals surface area contributed by atoms with Crippen molar-refractivity contribution in [2.75, 3.05) is 31.1 Å². The maximum Gasteiger partial charge on any atom is 0.254 e. The molecule has 1 amide bonds. The van der Waals surface area contributed by atoms with Crippen LogP contribution in [0.4, 0.5) is 5.69 Å². The molecule has 1 aliphatic heterocycles. The lowest BCUT2D eigenvalue weighted by Gasteiger charge is -2.36. The second-order valence-corrected chi connectivity index (χ2v) is 6.38. The SMILES string of the molecule is CCc1nc2ccc(C(=O)N3CCN(c4ccccc4)CC3)cc2[nH]1. The summed E-state index contributed by atoms with van der Waals surface area (Å²) in [5, 5.41) is 0. The number of aromatic nitrogens is 2. The number of amides is 1. The number of nitrogens with zero attached hydrogens (tertiary/aromatic N) is 3. The molecule has 0 atom stereocenters. The molecule has 128 valence electrons. The van der Waals surface area contributed by atoms with Gasteiger partial charge in [0.25, 0.3) is 5.91 Å². The van der Waals surface area contributed by atoms with Crippen molar-refractivity contribution < 1.29 is 4.79 Å². The van der Waals surface area contributed by atoms with E-state index in [2.05, 4.69) is 46.1 Å². The van der Waals surface area contributed by atoms with Gasteiger partial charge < -0.3 is 14.8 Å². The van der Waals surface area contributed by atoms with Crippen LogP contribution in [-0.2, 0) is 6.42 Å². The minimum absolute atomic E-state index is 0.0993. The highest BCUT2D eigenvalue weighted by Gasteiger charge is 2.22. The predicted molar refractivity (Wildman–Crippen MR) is 100 cm³/mol. The van der Waals surface area contributed by atoms with E-state index in [1.807, 2.05) is 29.2 Å². The summed E-state index contributed by atoms with van der Waals surface area (Å²) in [5.41, 5.74) is 3.81. The van der Waals surface area contributed by atoms with Crippen LogP contribution < -0.4 is 4.90 Å². The third-order valence-electron chi connectivity index (χ3n) is 4.80. The molecule has 1 aromatic heterocycles.